The van der Waals surface area contributed by atoms with Crippen LogP contribution in [0.4, 0.5) is 5.95 Å². The third-order valence-electron chi connectivity index (χ3n) is 3.92. The number of aromatic nitrogens is 2. The van der Waals surface area contributed by atoms with Gasteiger partial charge in [0.1, 0.15) is 0 Å². The molecule has 0 aliphatic carbocycles. The second-order valence-corrected chi connectivity index (χ2v) is 6.88. The van der Waals surface area contributed by atoms with Crippen LogP contribution in [0.3, 0.4) is 0 Å². The number of rotatable bonds is 4. The molecule has 1 amide bonds. The Morgan fingerprint density at radius 3 is 2.96 bits per heavy atom. The number of hydrogen-bond acceptors (Lipinski definition) is 6. The topological polar surface area (TPSA) is 78.4 Å². The number of carbonyl (C=O) groups excluding carboxylic acids is 1. The first-order chi connectivity index (χ1) is 11.1. The van der Waals surface area contributed by atoms with Gasteiger partial charge in [-0.1, -0.05) is 0 Å². The molecule has 0 bridgehead atoms. The summed E-state index contributed by atoms with van der Waals surface area (Å²) < 4.78 is 0. The molecule has 1 saturated heterocycles. The number of aryl methyl sites for hydroxylation is 1. The van der Waals surface area contributed by atoms with Gasteiger partial charge in [-0.3, -0.25) is 4.79 Å². The second kappa shape index (κ2) is 6.64. The summed E-state index contributed by atoms with van der Waals surface area (Å²) in [6.07, 6.45) is 4.87. The predicted octanol–water partition coefficient (Wildman–Crippen LogP) is 1.61. The maximum atomic E-state index is 12.1. The van der Waals surface area contributed by atoms with Crippen LogP contribution in [0.15, 0.2) is 29.9 Å². The van der Waals surface area contributed by atoms with Crippen molar-refractivity contribution in [3.8, 4) is 0 Å². The van der Waals surface area contributed by atoms with Gasteiger partial charge >= 0.3 is 0 Å². The van der Waals surface area contributed by atoms with E-state index in [-0.39, 0.29) is 12.5 Å². The summed E-state index contributed by atoms with van der Waals surface area (Å²) in [5.41, 5.74) is 0.114. The molecule has 3 heterocycles. The van der Waals surface area contributed by atoms with Crippen LogP contribution < -0.4 is 10.2 Å². The van der Waals surface area contributed by atoms with Crippen molar-refractivity contribution >= 4 is 23.2 Å². The van der Waals surface area contributed by atoms with Gasteiger partial charge in [-0.05, 0) is 42.8 Å². The second-order valence-electron chi connectivity index (χ2n) is 5.97. The lowest BCUT2D eigenvalue weighted by Crippen LogP contribution is -2.54. The Hall–Kier alpha value is -1.99. The van der Waals surface area contributed by atoms with Crippen LogP contribution >= 0.6 is 11.3 Å². The van der Waals surface area contributed by atoms with Crippen molar-refractivity contribution in [3.05, 3.63) is 40.3 Å². The molecule has 2 aromatic rings. The highest BCUT2D eigenvalue weighted by Crippen LogP contribution is 2.23. The monoisotopic (exact) mass is 332 g/mol. The minimum Gasteiger partial charge on any atom is -0.386 e. The van der Waals surface area contributed by atoms with Crippen LogP contribution in [0.2, 0.25) is 0 Å². The van der Waals surface area contributed by atoms with Crippen molar-refractivity contribution < 1.29 is 9.90 Å². The van der Waals surface area contributed by atoms with Crippen molar-refractivity contribution in [1.29, 1.82) is 0 Å². The number of carbonyl (C=O) groups is 1. The average Bonchev–Trinajstić information content (AvgIpc) is 3.00. The molecule has 2 N–H and O–H groups in total. The molecule has 0 saturated carbocycles. The molecule has 0 unspecified atom stereocenters. The minimum atomic E-state index is -0.959. The number of thiophene rings is 1. The van der Waals surface area contributed by atoms with Crippen LogP contribution in [0.25, 0.3) is 0 Å². The fourth-order valence-electron chi connectivity index (χ4n) is 2.76. The van der Waals surface area contributed by atoms with Crippen LogP contribution in [-0.2, 0) is 0 Å². The molecule has 6 nitrogen and oxygen atoms in total. The standard InChI is InChI=1S/C16H20N4O2S/c1-12-8-13(23-9-12)14(21)19-10-16(22)4-2-7-20(11-16)15-17-5-3-6-18-15/h3,5-6,8-9,22H,2,4,7,10-11H2,1H3,(H,19,21)/t16-/m0/s1. The lowest BCUT2D eigenvalue weighted by Gasteiger charge is -2.39. The van der Waals surface area contributed by atoms with E-state index < -0.39 is 5.60 Å². The highest BCUT2D eigenvalue weighted by Gasteiger charge is 2.34. The zero-order chi connectivity index (χ0) is 16.3. The van der Waals surface area contributed by atoms with Crippen molar-refractivity contribution in [2.24, 2.45) is 0 Å². The Balaban J connectivity index is 1.61. The molecule has 0 aromatic carbocycles. The third-order valence-corrected chi connectivity index (χ3v) is 4.97. The largest absolute Gasteiger partial charge is 0.386 e. The van der Waals surface area contributed by atoms with Crippen LogP contribution in [0.1, 0.15) is 28.1 Å². The molecule has 122 valence electrons. The van der Waals surface area contributed by atoms with Gasteiger partial charge in [-0.15, -0.1) is 11.3 Å². The number of piperidine rings is 1. The number of amides is 1. The fourth-order valence-corrected chi connectivity index (χ4v) is 3.58. The summed E-state index contributed by atoms with van der Waals surface area (Å²) in [7, 11) is 0. The van der Waals surface area contributed by atoms with Gasteiger partial charge in [0.15, 0.2) is 0 Å². The Morgan fingerprint density at radius 2 is 2.26 bits per heavy atom. The van der Waals surface area contributed by atoms with E-state index in [1.165, 1.54) is 11.3 Å². The highest BCUT2D eigenvalue weighted by atomic mass is 32.1. The van der Waals surface area contributed by atoms with Gasteiger partial charge in [0.2, 0.25) is 5.95 Å². The van der Waals surface area contributed by atoms with E-state index in [4.69, 9.17) is 0 Å². The summed E-state index contributed by atoms with van der Waals surface area (Å²) in [6, 6.07) is 3.62. The molecule has 1 atom stereocenters. The SMILES string of the molecule is Cc1csc(C(=O)NC[C@@]2(O)CCCN(c3ncccn3)C2)c1. The molecule has 0 radical (unpaired) electrons. The maximum Gasteiger partial charge on any atom is 0.261 e. The predicted molar refractivity (Wildman–Crippen MR) is 89.8 cm³/mol. The van der Waals surface area contributed by atoms with E-state index in [0.29, 0.717) is 23.8 Å². The number of nitrogens with zero attached hydrogens (tertiary/aromatic N) is 3. The molecule has 23 heavy (non-hydrogen) atoms. The number of aliphatic hydroxyl groups is 1. The number of anilines is 1. The zero-order valence-corrected chi connectivity index (χ0v) is 13.8. The Morgan fingerprint density at radius 1 is 1.48 bits per heavy atom. The van der Waals surface area contributed by atoms with Gasteiger partial charge in [-0.2, -0.15) is 0 Å². The van der Waals surface area contributed by atoms with Crippen LogP contribution in [0, 0.1) is 6.92 Å². The van der Waals surface area contributed by atoms with Gasteiger partial charge in [0.05, 0.1) is 17.0 Å². The molecule has 1 fully saturated rings. The molecule has 2 aromatic heterocycles. The van der Waals surface area contributed by atoms with E-state index in [1.54, 1.807) is 18.5 Å². The summed E-state index contributed by atoms with van der Waals surface area (Å²) in [4.78, 5) is 23.2. The third kappa shape index (κ3) is 3.86. The lowest BCUT2D eigenvalue weighted by atomic mass is 9.93. The quantitative estimate of drug-likeness (QED) is 0.889. The zero-order valence-electron chi connectivity index (χ0n) is 13.0. The van der Waals surface area contributed by atoms with Gasteiger partial charge in [-0.25, -0.2) is 9.97 Å². The van der Waals surface area contributed by atoms with Crippen molar-refractivity contribution in [2.45, 2.75) is 25.4 Å². The number of hydrogen-bond donors (Lipinski definition) is 2. The van der Waals surface area contributed by atoms with E-state index in [2.05, 4.69) is 15.3 Å². The summed E-state index contributed by atoms with van der Waals surface area (Å²) in [5.74, 6) is 0.482. The van der Waals surface area contributed by atoms with E-state index in [9.17, 15) is 9.90 Å². The maximum absolute atomic E-state index is 12.1. The molecule has 7 heteroatoms. The van der Waals surface area contributed by atoms with Gasteiger partial charge in [0, 0.05) is 25.5 Å². The van der Waals surface area contributed by atoms with Crippen LogP contribution in [-0.4, -0.2) is 46.2 Å². The van der Waals surface area contributed by atoms with Gasteiger partial charge < -0.3 is 15.3 Å². The molecule has 1 aliphatic heterocycles. The van der Waals surface area contributed by atoms with Gasteiger partial charge in [0.25, 0.3) is 5.91 Å². The highest BCUT2D eigenvalue weighted by molar-refractivity contribution is 7.12. The Kier molecular flexibility index (Phi) is 4.58. The fraction of sp³-hybridized carbons (Fsp3) is 0.438. The van der Waals surface area contributed by atoms with Crippen molar-refractivity contribution in [3.63, 3.8) is 0 Å². The lowest BCUT2D eigenvalue weighted by molar-refractivity contribution is 0.0253. The van der Waals surface area contributed by atoms with Crippen molar-refractivity contribution in [1.82, 2.24) is 15.3 Å². The van der Waals surface area contributed by atoms with E-state index in [1.807, 2.05) is 23.3 Å². The smallest absolute Gasteiger partial charge is 0.261 e. The first-order valence-electron chi connectivity index (χ1n) is 7.63. The molecule has 3 rings (SSSR count). The number of nitrogens with one attached hydrogen (secondary N) is 1. The molecule has 1 aliphatic rings. The first kappa shape index (κ1) is 15.9. The van der Waals surface area contributed by atoms with Crippen LogP contribution in [0.5, 0.6) is 0 Å². The summed E-state index contributed by atoms with van der Waals surface area (Å²) in [6.45, 7) is 3.41. The first-order valence-corrected chi connectivity index (χ1v) is 8.51. The summed E-state index contributed by atoms with van der Waals surface area (Å²) in [5, 5.41) is 15.6. The Bertz CT molecular complexity index is 676. The van der Waals surface area contributed by atoms with E-state index >= 15 is 0 Å². The number of β-amino-alcohol motifs (C(OH)–C–C–N with tert-alkyl or cyclic N) is 1. The Labute approximate surface area is 139 Å². The molecule has 0 spiro atoms. The minimum absolute atomic E-state index is 0.135. The summed E-state index contributed by atoms with van der Waals surface area (Å²) >= 11 is 1.42. The molecular formula is C16H20N4O2S. The average molecular weight is 332 g/mol. The van der Waals surface area contributed by atoms with E-state index in [0.717, 1.165) is 18.5 Å². The normalized spacial score (nSPS) is 21.2. The van der Waals surface area contributed by atoms with Crippen molar-refractivity contribution in [2.75, 3.05) is 24.5 Å². The molecular weight excluding hydrogens is 312 g/mol.